The Kier molecular flexibility index (Phi) is 6.33. The first-order chi connectivity index (χ1) is 14.0. The minimum Gasteiger partial charge on any atom is -0.444 e. The number of halogens is 2. The Morgan fingerprint density at radius 1 is 1.27 bits per heavy atom. The van der Waals surface area contributed by atoms with Crippen LogP contribution in [0, 0.1) is 5.82 Å². The van der Waals surface area contributed by atoms with Gasteiger partial charge >= 0.3 is 6.09 Å². The molecule has 1 atom stereocenters. The van der Waals surface area contributed by atoms with Gasteiger partial charge in [-0.05, 0) is 67.9 Å². The molecule has 0 saturated heterocycles. The van der Waals surface area contributed by atoms with Crippen LogP contribution in [-0.4, -0.2) is 51.1 Å². The maximum atomic E-state index is 13.2. The lowest BCUT2D eigenvalue weighted by Crippen LogP contribution is -2.56. The molecule has 0 spiro atoms. The number of imidazole rings is 1. The molecule has 0 saturated carbocycles. The normalized spacial score (nSPS) is 16.5. The Balaban J connectivity index is 1.72. The fraction of sp³-hybridized carbons (Fsp3) is 0.476. The van der Waals surface area contributed by atoms with Crippen molar-refractivity contribution in [3.63, 3.8) is 0 Å². The molecule has 30 heavy (non-hydrogen) atoms. The predicted octanol–water partition coefficient (Wildman–Crippen LogP) is 3.75. The van der Waals surface area contributed by atoms with E-state index in [0.29, 0.717) is 26.2 Å². The molecule has 1 aromatic heterocycles. The third kappa shape index (κ3) is 5.26. The molecule has 2 aromatic rings. The summed E-state index contributed by atoms with van der Waals surface area (Å²) in [6.45, 7) is 9.18. The van der Waals surface area contributed by atoms with Crippen molar-refractivity contribution in [1.82, 2.24) is 19.8 Å². The summed E-state index contributed by atoms with van der Waals surface area (Å²) in [7, 11) is 0. The van der Waals surface area contributed by atoms with E-state index in [1.54, 1.807) is 39.8 Å². The molecule has 2 heterocycles. The van der Waals surface area contributed by atoms with Crippen LogP contribution in [0.15, 0.2) is 28.9 Å². The molecule has 1 aliphatic rings. The number of carbonyl (C=O) groups is 2. The molecule has 0 bridgehead atoms. The summed E-state index contributed by atoms with van der Waals surface area (Å²) in [6.07, 6.45) is 0.106. The molecule has 7 nitrogen and oxygen atoms in total. The van der Waals surface area contributed by atoms with E-state index in [-0.39, 0.29) is 5.82 Å². The molecule has 3 rings (SSSR count). The van der Waals surface area contributed by atoms with Crippen LogP contribution in [0.2, 0.25) is 0 Å². The quantitative estimate of drug-likeness (QED) is 0.659. The topological polar surface area (TPSA) is 76.5 Å². The zero-order chi connectivity index (χ0) is 22.1. The molecule has 1 amide bonds. The molecular weight excluding hydrogens is 455 g/mol. The maximum Gasteiger partial charge on any atom is 0.408 e. The van der Waals surface area contributed by atoms with E-state index >= 15 is 0 Å². The van der Waals surface area contributed by atoms with E-state index in [1.807, 2.05) is 0 Å². The molecule has 0 fully saturated rings. The van der Waals surface area contributed by atoms with Crippen molar-refractivity contribution in [1.29, 1.82) is 0 Å². The van der Waals surface area contributed by atoms with Crippen molar-refractivity contribution >= 4 is 28.3 Å². The van der Waals surface area contributed by atoms with Gasteiger partial charge in [0, 0.05) is 25.2 Å². The summed E-state index contributed by atoms with van der Waals surface area (Å²) in [6, 6.07) is 6.20. The fourth-order valence-corrected chi connectivity index (χ4v) is 4.08. The Labute approximate surface area is 183 Å². The summed E-state index contributed by atoms with van der Waals surface area (Å²) >= 11 is 3.61. The number of nitrogens with one attached hydrogen (secondary N) is 1. The molecule has 1 N–H and O–H groups in total. The highest BCUT2D eigenvalue weighted by Crippen LogP contribution is 2.31. The smallest absolute Gasteiger partial charge is 0.408 e. The fourth-order valence-electron chi connectivity index (χ4n) is 3.38. The third-order valence-electron chi connectivity index (χ3n) is 4.71. The lowest BCUT2D eigenvalue weighted by Gasteiger charge is -2.35. The largest absolute Gasteiger partial charge is 0.444 e. The summed E-state index contributed by atoms with van der Waals surface area (Å²) in [5.74, 6) is 0.536. The Bertz CT molecular complexity index is 939. The van der Waals surface area contributed by atoms with E-state index in [9.17, 15) is 14.0 Å². The van der Waals surface area contributed by atoms with Crippen molar-refractivity contribution in [2.24, 2.45) is 0 Å². The Hall–Kier alpha value is -2.26. The van der Waals surface area contributed by atoms with Crippen molar-refractivity contribution in [2.75, 3.05) is 13.1 Å². The van der Waals surface area contributed by atoms with Gasteiger partial charge in [0.25, 0.3) is 0 Å². The molecule has 1 unspecified atom stereocenters. The van der Waals surface area contributed by atoms with Crippen molar-refractivity contribution < 1.29 is 18.7 Å². The van der Waals surface area contributed by atoms with Crippen LogP contribution in [0.4, 0.5) is 9.18 Å². The number of carbonyl (C=O) groups excluding carboxylic acids is 2. The number of aldehydes is 1. The van der Waals surface area contributed by atoms with Gasteiger partial charge in [-0.25, -0.2) is 14.2 Å². The average molecular weight is 481 g/mol. The average Bonchev–Trinajstić information content (AvgIpc) is 2.96. The highest BCUT2D eigenvalue weighted by atomic mass is 79.9. The van der Waals surface area contributed by atoms with Gasteiger partial charge in [0.1, 0.15) is 39.4 Å². The van der Waals surface area contributed by atoms with E-state index < -0.39 is 17.2 Å². The van der Waals surface area contributed by atoms with Gasteiger partial charge in [0.15, 0.2) is 0 Å². The lowest BCUT2D eigenvalue weighted by atomic mass is 10.0. The lowest BCUT2D eigenvalue weighted by molar-refractivity contribution is -0.113. The SMILES string of the molecule is CC(C=O)(CN1CCn2c(nc(-c3ccc(F)cc3)c2Br)C1)NC(=O)OC(C)(C)C. The molecule has 1 aromatic carbocycles. The second-order valence-corrected chi connectivity index (χ2v) is 9.45. The zero-order valence-corrected chi connectivity index (χ0v) is 19.1. The maximum absolute atomic E-state index is 13.2. The molecule has 0 radical (unpaired) electrons. The number of alkyl carbamates (subject to hydrolysis) is 1. The predicted molar refractivity (Wildman–Crippen MR) is 114 cm³/mol. The summed E-state index contributed by atoms with van der Waals surface area (Å²) in [5, 5.41) is 2.68. The standard InChI is InChI=1S/C21H26BrFN4O3/c1-20(2,3)30-19(29)25-21(4,13-28)12-26-9-10-27-16(11-26)24-17(18(27)22)14-5-7-15(23)8-6-14/h5-8,13H,9-12H2,1-4H3,(H,25,29). The van der Waals surface area contributed by atoms with Crippen LogP contribution in [0.5, 0.6) is 0 Å². The number of nitrogens with zero attached hydrogens (tertiary/aromatic N) is 3. The van der Waals surface area contributed by atoms with Gasteiger partial charge in [-0.15, -0.1) is 0 Å². The number of benzene rings is 1. The van der Waals surface area contributed by atoms with Crippen LogP contribution in [0.1, 0.15) is 33.5 Å². The molecular formula is C21H26BrFN4O3. The molecule has 9 heteroatoms. The van der Waals surface area contributed by atoms with Crippen LogP contribution in [0.25, 0.3) is 11.3 Å². The zero-order valence-electron chi connectivity index (χ0n) is 17.5. The number of fused-ring (bicyclic) bond motifs is 1. The third-order valence-corrected chi connectivity index (χ3v) is 5.51. The van der Waals surface area contributed by atoms with Crippen LogP contribution >= 0.6 is 15.9 Å². The van der Waals surface area contributed by atoms with Gasteiger partial charge in [0.05, 0.1) is 6.54 Å². The number of ether oxygens (including phenoxy) is 1. The summed E-state index contributed by atoms with van der Waals surface area (Å²) in [5.41, 5.74) is -0.168. The first kappa shape index (κ1) is 22.4. The van der Waals surface area contributed by atoms with Gasteiger partial charge in [0.2, 0.25) is 0 Å². The summed E-state index contributed by atoms with van der Waals surface area (Å²) in [4.78, 5) is 30.7. The number of hydrogen-bond donors (Lipinski definition) is 1. The van der Waals surface area contributed by atoms with Crippen molar-refractivity contribution in [2.45, 2.75) is 51.9 Å². The first-order valence-corrected chi connectivity index (χ1v) is 10.5. The van der Waals surface area contributed by atoms with Gasteiger partial charge in [-0.2, -0.15) is 0 Å². The highest BCUT2D eigenvalue weighted by Gasteiger charge is 2.33. The van der Waals surface area contributed by atoms with Crippen molar-refractivity contribution in [3.8, 4) is 11.3 Å². The van der Waals surface area contributed by atoms with Gasteiger partial charge in [-0.1, -0.05) is 0 Å². The molecule has 1 aliphatic heterocycles. The number of amides is 1. The number of aromatic nitrogens is 2. The Morgan fingerprint density at radius 3 is 2.53 bits per heavy atom. The highest BCUT2D eigenvalue weighted by molar-refractivity contribution is 9.10. The minimum atomic E-state index is -1.09. The number of hydrogen-bond acceptors (Lipinski definition) is 5. The summed E-state index contributed by atoms with van der Waals surface area (Å²) < 4.78 is 21.4. The Morgan fingerprint density at radius 2 is 1.93 bits per heavy atom. The van der Waals surface area contributed by atoms with Gasteiger partial charge in [-0.3, -0.25) is 4.90 Å². The molecule has 162 valence electrons. The van der Waals surface area contributed by atoms with Crippen molar-refractivity contribution in [3.05, 3.63) is 40.5 Å². The second kappa shape index (κ2) is 8.47. The van der Waals surface area contributed by atoms with Crippen LogP contribution in [0.3, 0.4) is 0 Å². The van der Waals surface area contributed by atoms with E-state index in [2.05, 4.69) is 30.7 Å². The second-order valence-electron chi connectivity index (χ2n) is 8.70. The van der Waals surface area contributed by atoms with E-state index in [4.69, 9.17) is 9.72 Å². The van der Waals surface area contributed by atoms with E-state index in [0.717, 1.165) is 28.0 Å². The number of rotatable bonds is 5. The van der Waals surface area contributed by atoms with Crippen LogP contribution in [-0.2, 0) is 22.6 Å². The minimum absolute atomic E-state index is 0.296. The van der Waals surface area contributed by atoms with Gasteiger partial charge < -0.3 is 19.4 Å². The van der Waals surface area contributed by atoms with E-state index in [1.165, 1.54) is 12.1 Å². The molecule has 0 aliphatic carbocycles. The van der Waals surface area contributed by atoms with Crippen LogP contribution < -0.4 is 5.32 Å². The monoisotopic (exact) mass is 480 g/mol. The first-order valence-electron chi connectivity index (χ1n) is 9.70.